The fraction of sp³-hybridized carbons (Fsp3) is 0.235. The van der Waals surface area contributed by atoms with Crippen LogP contribution in [0.5, 0.6) is 0 Å². The van der Waals surface area contributed by atoms with Crippen LogP contribution in [0.4, 0.5) is 23.7 Å². The first-order valence-corrected chi connectivity index (χ1v) is 8.85. The van der Waals surface area contributed by atoms with Crippen molar-refractivity contribution >= 4 is 23.1 Å². The lowest BCUT2D eigenvalue weighted by atomic mass is 10.1. The SMILES string of the molecule is O=C(Nc1ccccc1)N1CCc2sc(-c3noc(C(F)(F)F)n3)cc2C1. The van der Waals surface area contributed by atoms with Crippen LogP contribution in [-0.2, 0) is 19.1 Å². The van der Waals surface area contributed by atoms with Gasteiger partial charge in [-0.05, 0) is 30.2 Å². The Hall–Kier alpha value is -2.88. The summed E-state index contributed by atoms with van der Waals surface area (Å²) >= 11 is 1.32. The zero-order valence-corrected chi connectivity index (χ0v) is 14.6. The average molecular weight is 394 g/mol. The number of carbonyl (C=O) groups excluding carboxylic acids is 1. The number of hydrogen-bond acceptors (Lipinski definition) is 5. The Bertz CT molecular complexity index is 968. The summed E-state index contributed by atoms with van der Waals surface area (Å²) in [4.78, 5) is 19.0. The minimum Gasteiger partial charge on any atom is -0.329 e. The summed E-state index contributed by atoms with van der Waals surface area (Å²) in [6, 6.07) is 10.6. The number of halogens is 3. The Labute approximate surface area is 155 Å². The van der Waals surface area contributed by atoms with Crippen LogP contribution >= 0.6 is 11.3 Å². The summed E-state index contributed by atoms with van der Waals surface area (Å²) in [5, 5.41) is 6.24. The standard InChI is InChI=1S/C17H13F3N4O2S/c18-17(19,20)15-22-14(23-26-15)13-8-10-9-24(7-6-12(10)27-13)16(25)21-11-4-2-1-3-5-11/h1-5,8H,6-7,9H2,(H,21,25). The van der Waals surface area contributed by atoms with Crippen LogP contribution in [0.1, 0.15) is 16.3 Å². The van der Waals surface area contributed by atoms with Crippen LogP contribution in [0, 0.1) is 0 Å². The second-order valence-electron chi connectivity index (χ2n) is 5.95. The van der Waals surface area contributed by atoms with Crippen LogP contribution in [0.2, 0.25) is 0 Å². The summed E-state index contributed by atoms with van der Waals surface area (Å²) in [7, 11) is 0. The van der Waals surface area contributed by atoms with Crippen molar-refractivity contribution in [3.8, 4) is 10.7 Å². The van der Waals surface area contributed by atoms with Crippen LogP contribution in [-0.4, -0.2) is 27.6 Å². The van der Waals surface area contributed by atoms with E-state index >= 15 is 0 Å². The Morgan fingerprint density at radius 2 is 2.04 bits per heavy atom. The molecule has 0 fully saturated rings. The predicted octanol–water partition coefficient (Wildman–Crippen LogP) is 4.41. The fourth-order valence-corrected chi connectivity index (χ4v) is 3.87. The third-order valence-corrected chi connectivity index (χ3v) is 5.30. The molecule has 0 radical (unpaired) electrons. The lowest BCUT2D eigenvalue weighted by Crippen LogP contribution is -2.38. The number of nitrogens with one attached hydrogen (secondary N) is 1. The number of nitrogens with zero attached hydrogens (tertiary/aromatic N) is 3. The topological polar surface area (TPSA) is 71.3 Å². The van der Waals surface area contributed by atoms with Gasteiger partial charge in [-0.3, -0.25) is 0 Å². The van der Waals surface area contributed by atoms with Crippen molar-refractivity contribution in [1.82, 2.24) is 15.0 Å². The molecule has 10 heteroatoms. The van der Waals surface area contributed by atoms with Gasteiger partial charge in [0, 0.05) is 23.7 Å². The largest absolute Gasteiger partial charge is 0.471 e. The number of para-hydroxylation sites is 1. The van der Waals surface area contributed by atoms with Crippen LogP contribution in [0.15, 0.2) is 40.9 Å². The Balaban J connectivity index is 1.49. The van der Waals surface area contributed by atoms with Crippen LogP contribution < -0.4 is 5.32 Å². The number of thiophene rings is 1. The second-order valence-corrected chi connectivity index (χ2v) is 7.08. The highest BCUT2D eigenvalue weighted by atomic mass is 32.1. The molecule has 27 heavy (non-hydrogen) atoms. The van der Waals surface area contributed by atoms with E-state index in [1.807, 2.05) is 18.2 Å². The lowest BCUT2D eigenvalue weighted by molar-refractivity contribution is -0.159. The van der Waals surface area contributed by atoms with E-state index in [9.17, 15) is 18.0 Å². The molecule has 4 rings (SSSR count). The number of urea groups is 1. The molecule has 0 saturated carbocycles. The van der Waals surface area contributed by atoms with E-state index in [0.29, 0.717) is 30.1 Å². The van der Waals surface area contributed by atoms with Gasteiger partial charge in [0.05, 0.1) is 4.88 Å². The van der Waals surface area contributed by atoms with Crippen molar-refractivity contribution in [2.24, 2.45) is 0 Å². The normalized spacial score (nSPS) is 14.1. The molecular weight excluding hydrogens is 381 g/mol. The maximum Gasteiger partial charge on any atom is 0.471 e. The van der Waals surface area contributed by atoms with E-state index in [0.717, 1.165) is 10.4 Å². The van der Waals surface area contributed by atoms with Crippen molar-refractivity contribution < 1.29 is 22.5 Å². The van der Waals surface area contributed by atoms with Crippen molar-refractivity contribution in [1.29, 1.82) is 0 Å². The zero-order valence-electron chi connectivity index (χ0n) is 13.8. The summed E-state index contributed by atoms with van der Waals surface area (Å²) < 4.78 is 42.1. The summed E-state index contributed by atoms with van der Waals surface area (Å²) in [5.74, 6) is -1.46. The van der Waals surface area contributed by atoms with Crippen molar-refractivity contribution in [3.05, 3.63) is 52.7 Å². The number of anilines is 1. The minimum atomic E-state index is -4.67. The molecule has 3 heterocycles. The van der Waals surface area contributed by atoms with Crippen LogP contribution in [0.3, 0.4) is 0 Å². The highest BCUT2D eigenvalue weighted by molar-refractivity contribution is 7.15. The summed E-state index contributed by atoms with van der Waals surface area (Å²) in [5.41, 5.74) is 1.58. The molecule has 0 spiro atoms. The number of fused-ring (bicyclic) bond motifs is 1. The smallest absolute Gasteiger partial charge is 0.329 e. The molecule has 0 saturated heterocycles. The fourth-order valence-electron chi connectivity index (χ4n) is 2.78. The molecule has 1 aromatic carbocycles. The molecule has 6 nitrogen and oxygen atoms in total. The van der Waals surface area contributed by atoms with Gasteiger partial charge in [0.15, 0.2) is 0 Å². The molecule has 1 aliphatic heterocycles. The van der Waals surface area contributed by atoms with Crippen molar-refractivity contribution in [2.45, 2.75) is 19.1 Å². The van der Waals surface area contributed by atoms with E-state index < -0.39 is 12.1 Å². The van der Waals surface area contributed by atoms with Gasteiger partial charge >= 0.3 is 18.1 Å². The molecule has 0 atom stereocenters. The number of alkyl halides is 3. The number of aromatic nitrogens is 2. The highest BCUT2D eigenvalue weighted by Crippen LogP contribution is 2.35. The zero-order chi connectivity index (χ0) is 19.0. The molecule has 2 aromatic heterocycles. The molecule has 1 N–H and O–H groups in total. The van der Waals surface area contributed by atoms with Crippen molar-refractivity contribution in [2.75, 3.05) is 11.9 Å². The first-order chi connectivity index (χ1) is 12.9. The highest BCUT2D eigenvalue weighted by Gasteiger charge is 2.38. The molecule has 140 valence electrons. The van der Waals surface area contributed by atoms with E-state index in [2.05, 4.69) is 20.0 Å². The van der Waals surface area contributed by atoms with Crippen LogP contribution in [0.25, 0.3) is 10.7 Å². The third-order valence-electron chi connectivity index (χ3n) is 4.07. The number of benzene rings is 1. The van der Waals surface area contributed by atoms with Gasteiger partial charge in [-0.25, -0.2) is 4.79 Å². The molecule has 2 amide bonds. The molecule has 0 aliphatic carbocycles. The van der Waals surface area contributed by atoms with Gasteiger partial charge in [-0.1, -0.05) is 23.4 Å². The van der Waals surface area contributed by atoms with Gasteiger partial charge in [-0.15, -0.1) is 11.3 Å². The first-order valence-electron chi connectivity index (χ1n) is 8.04. The summed E-state index contributed by atoms with van der Waals surface area (Å²) in [6.45, 7) is 0.889. The molecular formula is C17H13F3N4O2S. The number of amides is 2. The first kappa shape index (κ1) is 17.5. The van der Waals surface area contributed by atoms with Gasteiger partial charge in [-0.2, -0.15) is 18.2 Å². The average Bonchev–Trinajstić information content (AvgIpc) is 3.28. The van der Waals surface area contributed by atoms with Gasteiger partial charge in [0.2, 0.25) is 5.82 Å². The molecule has 0 unspecified atom stereocenters. The maximum absolute atomic E-state index is 12.6. The van der Waals surface area contributed by atoms with E-state index in [1.54, 1.807) is 23.1 Å². The minimum absolute atomic E-state index is 0.0954. The van der Waals surface area contributed by atoms with E-state index in [-0.39, 0.29) is 11.9 Å². The monoisotopic (exact) mass is 394 g/mol. The Morgan fingerprint density at radius 3 is 2.74 bits per heavy atom. The number of rotatable bonds is 2. The predicted molar refractivity (Wildman–Crippen MR) is 92.2 cm³/mol. The number of carbonyl (C=O) groups is 1. The Kier molecular flexibility index (Phi) is 4.34. The second kappa shape index (κ2) is 6.69. The summed E-state index contributed by atoms with van der Waals surface area (Å²) in [6.07, 6.45) is -4.05. The lowest BCUT2D eigenvalue weighted by Gasteiger charge is -2.27. The van der Waals surface area contributed by atoms with Gasteiger partial charge < -0.3 is 14.7 Å². The quantitative estimate of drug-likeness (QED) is 0.699. The van der Waals surface area contributed by atoms with Crippen molar-refractivity contribution in [3.63, 3.8) is 0 Å². The van der Waals surface area contributed by atoms with E-state index in [1.165, 1.54) is 11.3 Å². The Morgan fingerprint density at radius 1 is 1.26 bits per heavy atom. The third kappa shape index (κ3) is 3.65. The maximum atomic E-state index is 12.6. The molecule has 0 bridgehead atoms. The van der Waals surface area contributed by atoms with E-state index in [4.69, 9.17) is 0 Å². The molecule has 3 aromatic rings. The number of hydrogen-bond donors (Lipinski definition) is 1. The molecule has 1 aliphatic rings. The van der Waals surface area contributed by atoms with Gasteiger partial charge in [0.1, 0.15) is 0 Å². The van der Waals surface area contributed by atoms with Gasteiger partial charge in [0.25, 0.3) is 0 Å².